The van der Waals surface area contributed by atoms with Crippen molar-refractivity contribution in [3.05, 3.63) is 0 Å². The highest BCUT2D eigenvalue weighted by Crippen LogP contribution is 2.17. The second-order valence-electron chi connectivity index (χ2n) is 3.40. The summed E-state index contributed by atoms with van der Waals surface area (Å²) in [7, 11) is -0.669. The van der Waals surface area contributed by atoms with E-state index in [0.717, 1.165) is 12.2 Å². The predicted octanol–water partition coefficient (Wildman–Crippen LogP) is 0.740. The van der Waals surface area contributed by atoms with Gasteiger partial charge in [0.1, 0.15) is 0 Å². The summed E-state index contributed by atoms with van der Waals surface area (Å²) in [5.41, 5.74) is 5.65. The first-order chi connectivity index (χ1) is 4.48. The van der Waals surface area contributed by atoms with Gasteiger partial charge in [0.15, 0.2) is 0 Å². The van der Waals surface area contributed by atoms with Gasteiger partial charge in [-0.2, -0.15) is 0 Å². The molecule has 0 bridgehead atoms. The summed E-state index contributed by atoms with van der Waals surface area (Å²) in [6, 6.07) is 0. The molecule has 2 nitrogen and oxygen atoms in total. The standard InChI is InChI=1S/C7H17NOS/c1-7(2,6-8)4-5-10(3)9/h4-6,8H2,1-3H3. The molecule has 0 radical (unpaired) electrons. The van der Waals surface area contributed by atoms with Crippen LogP contribution >= 0.6 is 0 Å². The number of rotatable bonds is 4. The first kappa shape index (κ1) is 10.1. The Balaban J connectivity index is 3.56. The van der Waals surface area contributed by atoms with Gasteiger partial charge in [-0.1, -0.05) is 13.8 Å². The first-order valence-corrected chi connectivity index (χ1v) is 5.21. The molecule has 1 atom stereocenters. The maximum atomic E-state index is 10.7. The van der Waals surface area contributed by atoms with Gasteiger partial charge in [-0.25, -0.2) is 0 Å². The maximum Gasteiger partial charge on any atom is 0.0237 e. The van der Waals surface area contributed by atoms with Crippen molar-refractivity contribution in [3.8, 4) is 0 Å². The maximum absolute atomic E-state index is 10.7. The quantitative estimate of drug-likeness (QED) is 0.664. The van der Waals surface area contributed by atoms with E-state index in [9.17, 15) is 4.21 Å². The highest BCUT2D eigenvalue weighted by atomic mass is 32.2. The molecule has 0 saturated heterocycles. The van der Waals surface area contributed by atoms with Crippen LogP contribution in [0.2, 0.25) is 0 Å². The summed E-state index contributed by atoms with van der Waals surface area (Å²) < 4.78 is 10.7. The lowest BCUT2D eigenvalue weighted by Crippen LogP contribution is -2.25. The lowest BCUT2D eigenvalue weighted by Gasteiger charge is -2.20. The summed E-state index contributed by atoms with van der Waals surface area (Å²) in [5, 5.41) is 0. The molecule has 62 valence electrons. The smallest absolute Gasteiger partial charge is 0.0237 e. The molecule has 0 aromatic rings. The molecule has 0 fully saturated rings. The average Bonchev–Trinajstić information content (AvgIpc) is 1.85. The molecule has 0 aromatic carbocycles. The molecule has 0 aliphatic carbocycles. The summed E-state index contributed by atoms with van der Waals surface area (Å²) in [4.78, 5) is 0. The number of nitrogens with two attached hydrogens (primary N) is 1. The van der Waals surface area contributed by atoms with Gasteiger partial charge < -0.3 is 5.73 Å². The van der Waals surface area contributed by atoms with Crippen molar-refractivity contribution in [3.63, 3.8) is 0 Å². The van der Waals surface area contributed by atoms with Crippen molar-refractivity contribution >= 4 is 10.8 Å². The van der Waals surface area contributed by atoms with Gasteiger partial charge in [-0.05, 0) is 18.4 Å². The molecular formula is C7H17NOS. The fourth-order valence-electron chi connectivity index (χ4n) is 0.522. The Kier molecular flexibility index (Phi) is 4.13. The zero-order valence-electron chi connectivity index (χ0n) is 7.02. The van der Waals surface area contributed by atoms with Gasteiger partial charge in [-0.3, -0.25) is 4.21 Å². The van der Waals surface area contributed by atoms with Gasteiger partial charge in [-0.15, -0.1) is 0 Å². The fourth-order valence-corrected chi connectivity index (χ4v) is 1.36. The Morgan fingerprint density at radius 1 is 1.50 bits per heavy atom. The minimum atomic E-state index is -0.669. The van der Waals surface area contributed by atoms with E-state index < -0.39 is 10.8 Å². The van der Waals surface area contributed by atoms with Crippen LogP contribution in [-0.4, -0.2) is 22.8 Å². The Labute approximate surface area is 65.6 Å². The fraction of sp³-hybridized carbons (Fsp3) is 1.00. The van der Waals surface area contributed by atoms with Gasteiger partial charge in [0.05, 0.1) is 0 Å². The molecule has 2 N–H and O–H groups in total. The second kappa shape index (κ2) is 4.09. The molecule has 0 aromatic heterocycles. The van der Waals surface area contributed by atoms with E-state index in [-0.39, 0.29) is 5.41 Å². The topological polar surface area (TPSA) is 43.1 Å². The highest BCUT2D eigenvalue weighted by molar-refractivity contribution is 7.84. The molecule has 0 heterocycles. The summed E-state index contributed by atoms with van der Waals surface area (Å²) >= 11 is 0. The van der Waals surface area contributed by atoms with Crippen molar-refractivity contribution < 1.29 is 4.21 Å². The summed E-state index contributed by atoms with van der Waals surface area (Å²) in [5.74, 6) is 0.768. The van der Waals surface area contributed by atoms with Crippen molar-refractivity contribution in [1.29, 1.82) is 0 Å². The van der Waals surface area contributed by atoms with Crippen LogP contribution in [0.1, 0.15) is 20.3 Å². The SMILES string of the molecule is CS(=O)CCC(C)(C)CN. The Hall–Kier alpha value is 0.110. The van der Waals surface area contributed by atoms with E-state index in [1.165, 1.54) is 0 Å². The monoisotopic (exact) mass is 163 g/mol. The van der Waals surface area contributed by atoms with Crippen LogP contribution in [0.25, 0.3) is 0 Å². The number of hydrogen-bond donors (Lipinski definition) is 1. The molecular weight excluding hydrogens is 146 g/mol. The van der Waals surface area contributed by atoms with Gasteiger partial charge >= 0.3 is 0 Å². The number of hydrogen-bond acceptors (Lipinski definition) is 2. The molecule has 0 rings (SSSR count). The predicted molar refractivity (Wildman–Crippen MR) is 46.4 cm³/mol. The Morgan fingerprint density at radius 3 is 2.30 bits per heavy atom. The highest BCUT2D eigenvalue weighted by Gasteiger charge is 2.15. The van der Waals surface area contributed by atoms with Crippen molar-refractivity contribution in [2.24, 2.45) is 11.1 Å². The summed E-state index contributed by atoms with van der Waals surface area (Å²) in [6.45, 7) is 4.86. The van der Waals surface area contributed by atoms with Crippen LogP contribution in [0.4, 0.5) is 0 Å². The van der Waals surface area contributed by atoms with Crippen LogP contribution < -0.4 is 5.73 Å². The molecule has 1 unspecified atom stereocenters. The van der Waals surface area contributed by atoms with Crippen LogP contribution in [0, 0.1) is 5.41 Å². The molecule has 0 saturated carbocycles. The van der Waals surface area contributed by atoms with Crippen molar-refractivity contribution in [2.75, 3.05) is 18.6 Å². The van der Waals surface area contributed by atoms with E-state index in [2.05, 4.69) is 13.8 Å². The molecule has 0 spiro atoms. The first-order valence-electron chi connectivity index (χ1n) is 3.48. The third-order valence-electron chi connectivity index (χ3n) is 1.62. The molecule has 0 aliphatic heterocycles. The van der Waals surface area contributed by atoms with Crippen molar-refractivity contribution in [1.82, 2.24) is 0 Å². The molecule has 3 heteroatoms. The van der Waals surface area contributed by atoms with Crippen LogP contribution in [-0.2, 0) is 10.8 Å². The van der Waals surface area contributed by atoms with Gasteiger partial charge in [0.25, 0.3) is 0 Å². The molecule has 0 amide bonds. The van der Waals surface area contributed by atoms with E-state index in [1.54, 1.807) is 6.26 Å². The zero-order chi connectivity index (χ0) is 8.20. The third kappa shape index (κ3) is 4.94. The van der Waals surface area contributed by atoms with Gasteiger partial charge in [0.2, 0.25) is 0 Å². The largest absolute Gasteiger partial charge is 0.330 e. The second-order valence-corrected chi connectivity index (χ2v) is 4.95. The minimum Gasteiger partial charge on any atom is -0.330 e. The lowest BCUT2D eigenvalue weighted by atomic mass is 9.91. The van der Waals surface area contributed by atoms with E-state index in [0.29, 0.717) is 6.54 Å². The lowest BCUT2D eigenvalue weighted by molar-refractivity contribution is 0.367. The normalized spacial score (nSPS) is 15.2. The van der Waals surface area contributed by atoms with E-state index in [4.69, 9.17) is 5.73 Å². The van der Waals surface area contributed by atoms with Crippen LogP contribution in [0.5, 0.6) is 0 Å². The Bertz CT molecular complexity index is 123. The molecule has 0 aliphatic rings. The third-order valence-corrected chi connectivity index (χ3v) is 2.40. The Morgan fingerprint density at radius 2 is 2.00 bits per heavy atom. The minimum absolute atomic E-state index is 0.158. The van der Waals surface area contributed by atoms with E-state index in [1.807, 2.05) is 0 Å². The average molecular weight is 163 g/mol. The van der Waals surface area contributed by atoms with E-state index >= 15 is 0 Å². The zero-order valence-corrected chi connectivity index (χ0v) is 7.83. The van der Waals surface area contributed by atoms with Crippen LogP contribution in [0.3, 0.4) is 0 Å². The molecule has 10 heavy (non-hydrogen) atoms. The van der Waals surface area contributed by atoms with Gasteiger partial charge in [0, 0.05) is 22.8 Å². The summed E-state index contributed by atoms with van der Waals surface area (Å²) in [6.07, 6.45) is 2.68. The van der Waals surface area contributed by atoms with Crippen LogP contribution in [0.15, 0.2) is 0 Å². The van der Waals surface area contributed by atoms with Crippen molar-refractivity contribution in [2.45, 2.75) is 20.3 Å².